The van der Waals surface area contributed by atoms with Crippen LogP contribution in [0, 0.1) is 0 Å². The molecular weight excluding hydrogens is 405 g/mol. The number of hydrogen-bond acceptors (Lipinski definition) is 3. The summed E-state index contributed by atoms with van der Waals surface area (Å²) in [7, 11) is 0. The third-order valence-electron chi connectivity index (χ3n) is 3.32. The van der Waals surface area contributed by atoms with Crippen molar-refractivity contribution in [2.45, 2.75) is 13.1 Å². The fourth-order valence-electron chi connectivity index (χ4n) is 2.13. The normalized spacial score (nSPS) is 11.2. The summed E-state index contributed by atoms with van der Waals surface area (Å²) in [6, 6.07) is 6.10. The summed E-state index contributed by atoms with van der Waals surface area (Å²) in [5.74, 6) is -1.19. The number of nitrogens with one attached hydrogen (secondary N) is 1. The summed E-state index contributed by atoms with van der Waals surface area (Å²) >= 11 is 3.07. The van der Waals surface area contributed by atoms with Crippen molar-refractivity contribution in [3.63, 3.8) is 0 Å². The first-order valence-electron chi connectivity index (χ1n) is 7.21. The second kappa shape index (κ2) is 7.73. The number of rotatable bonds is 5. The van der Waals surface area contributed by atoms with Crippen LogP contribution in [0.4, 0.5) is 18.9 Å². The molecular formula is C16H14BrF3N2O3. The van der Waals surface area contributed by atoms with E-state index in [2.05, 4.69) is 21.2 Å². The predicted octanol–water partition coefficient (Wildman–Crippen LogP) is 4.16. The summed E-state index contributed by atoms with van der Waals surface area (Å²) in [6.45, 7) is 1.48. The Kier molecular flexibility index (Phi) is 5.89. The molecule has 0 unspecified atom stereocenters. The van der Waals surface area contributed by atoms with Crippen LogP contribution in [0.2, 0.25) is 0 Å². The Balaban J connectivity index is 2.10. The van der Waals surface area contributed by atoms with Crippen molar-refractivity contribution in [2.75, 3.05) is 18.4 Å². The Morgan fingerprint density at radius 3 is 2.52 bits per heavy atom. The van der Waals surface area contributed by atoms with E-state index in [1.165, 1.54) is 29.4 Å². The largest absolute Gasteiger partial charge is 0.457 e. The summed E-state index contributed by atoms with van der Waals surface area (Å²) in [5.41, 5.74) is -1.07. The van der Waals surface area contributed by atoms with Crippen molar-refractivity contribution in [3.8, 4) is 0 Å². The number of furan rings is 1. The molecule has 0 bridgehead atoms. The maximum atomic E-state index is 12.9. The lowest BCUT2D eigenvalue weighted by molar-refractivity contribution is -0.137. The Hall–Kier alpha value is -2.29. The molecule has 134 valence electrons. The average molecular weight is 419 g/mol. The molecule has 1 aromatic carbocycles. The highest BCUT2D eigenvalue weighted by Gasteiger charge is 2.33. The smallest absolute Gasteiger partial charge is 0.418 e. The number of carbonyl (C=O) groups is 2. The molecule has 0 aliphatic rings. The van der Waals surface area contributed by atoms with E-state index in [9.17, 15) is 22.8 Å². The van der Waals surface area contributed by atoms with Crippen LogP contribution >= 0.6 is 15.9 Å². The minimum Gasteiger partial charge on any atom is -0.457 e. The molecule has 0 aliphatic heterocycles. The molecule has 0 radical (unpaired) electrons. The highest BCUT2D eigenvalue weighted by atomic mass is 79.9. The molecule has 1 N–H and O–H groups in total. The van der Waals surface area contributed by atoms with Crippen LogP contribution in [-0.4, -0.2) is 29.8 Å². The first-order valence-corrected chi connectivity index (χ1v) is 8.01. The van der Waals surface area contributed by atoms with Gasteiger partial charge in [-0.2, -0.15) is 13.2 Å². The summed E-state index contributed by atoms with van der Waals surface area (Å²) in [5, 5.41) is 2.21. The number of likely N-dealkylation sites (N-methyl/N-ethyl adjacent to an activating group) is 1. The molecule has 1 aromatic heterocycles. The van der Waals surface area contributed by atoms with Gasteiger partial charge in [-0.3, -0.25) is 9.59 Å². The number of carbonyl (C=O) groups excluding carboxylic acids is 2. The number of hydrogen-bond donors (Lipinski definition) is 1. The van der Waals surface area contributed by atoms with E-state index in [0.717, 1.165) is 12.1 Å². The van der Waals surface area contributed by atoms with Crippen LogP contribution < -0.4 is 5.32 Å². The Bertz CT molecular complexity index is 774. The zero-order chi connectivity index (χ0) is 18.6. The van der Waals surface area contributed by atoms with Crippen molar-refractivity contribution in [2.24, 2.45) is 0 Å². The summed E-state index contributed by atoms with van der Waals surface area (Å²) < 4.78 is 44.2. The number of nitrogens with zero attached hydrogens (tertiary/aromatic N) is 1. The van der Waals surface area contributed by atoms with Crippen LogP contribution in [0.25, 0.3) is 0 Å². The van der Waals surface area contributed by atoms with Crippen molar-refractivity contribution < 1.29 is 27.2 Å². The number of anilines is 1. The Morgan fingerprint density at radius 2 is 1.96 bits per heavy atom. The zero-order valence-corrected chi connectivity index (χ0v) is 14.6. The molecule has 0 spiro atoms. The van der Waals surface area contributed by atoms with E-state index in [0.29, 0.717) is 4.67 Å². The minimum absolute atomic E-state index is 0.204. The third-order valence-corrected chi connectivity index (χ3v) is 3.74. The lowest BCUT2D eigenvalue weighted by Gasteiger charge is -2.20. The highest BCUT2D eigenvalue weighted by molar-refractivity contribution is 9.10. The van der Waals surface area contributed by atoms with Gasteiger partial charge >= 0.3 is 6.18 Å². The Labute approximate surface area is 149 Å². The van der Waals surface area contributed by atoms with Crippen LogP contribution in [0.15, 0.2) is 45.7 Å². The molecule has 0 saturated carbocycles. The highest BCUT2D eigenvalue weighted by Crippen LogP contribution is 2.34. The van der Waals surface area contributed by atoms with E-state index in [1.807, 2.05) is 0 Å². The van der Waals surface area contributed by atoms with Gasteiger partial charge in [-0.05, 0) is 35.0 Å². The van der Waals surface area contributed by atoms with Crippen molar-refractivity contribution >= 4 is 33.4 Å². The predicted molar refractivity (Wildman–Crippen MR) is 88.1 cm³/mol. The van der Waals surface area contributed by atoms with E-state index < -0.39 is 23.6 Å². The van der Waals surface area contributed by atoms with Gasteiger partial charge in [0.1, 0.15) is 12.8 Å². The molecule has 0 aliphatic carbocycles. The molecule has 1 heterocycles. The topological polar surface area (TPSA) is 62.6 Å². The van der Waals surface area contributed by atoms with Gasteiger partial charge in [0.05, 0.1) is 16.8 Å². The quantitative estimate of drug-likeness (QED) is 0.792. The average Bonchev–Trinajstić information content (AvgIpc) is 2.98. The second-order valence-electron chi connectivity index (χ2n) is 5.05. The van der Waals surface area contributed by atoms with Crippen LogP contribution in [0.5, 0.6) is 0 Å². The lowest BCUT2D eigenvalue weighted by atomic mass is 10.1. The number of halogens is 4. The standard InChI is InChI=1S/C16H14BrF3N2O3/c1-2-22(15(24)10-7-13(17)25-9-10)8-14(23)21-12-6-4-3-5-11(12)16(18,19)20/h3-7,9H,2,8H2,1H3,(H,21,23). The van der Waals surface area contributed by atoms with Crippen LogP contribution in [0.3, 0.4) is 0 Å². The fraction of sp³-hybridized carbons (Fsp3) is 0.250. The molecule has 2 rings (SSSR count). The van der Waals surface area contributed by atoms with Crippen molar-refractivity contribution in [1.82, 2.24) is 4.90 Å². The number of benzene rings is 1. The number of para-hydroxylation sites is 1. The van der Waals surface area contributed by atoms with Gasteiger partial charge < -0.3 is 14.6 Å². The van der Waals surface area contributed by atoms with Gasteiger partial charge in [0.25, 0.3) is 5.91 Å². The van der Waals surface area contributed by atoms with E-state index in [-0.39, 0.29) is 24.3 Å². The van der Waals surface area contributed by atoms with E-state index in [1.54, 1.807) is 6.92 Å². The molecule has 0 atom stereocenters. The van der Waals surface area contributed by atoms with E-state index >= 15 is 0 Å². The minimum atomic E-state index is -4.59. The maximum Gasteiger partial charge on any atom is 0.418 e. The van der Waals surface area contributed by atoms with Crippen molar-refractivity contribution in [3.05, 3.63) is 52.4 Å². The van der Waals surface area contributed by atoms with Crippen molar-refractivity contribution in [1.29, 1.82) is 0 Å². The third kappa shape index (κ3) is 4.85. The summed E-state index contributed by atoms with van der Waals surface area (Å²) in [6.07, 6.45) is -3.36. The molecule has 0 saturated heterocycles. The summed E-state index contributed by atoms with van der Waals surface area (Å²) in [4.78, 5) is 25.6. The van der Waals surface area contributed by atoms with E-state index in [4.69, 9.17) is 4.42 Å². The first-order chi connectivity index (χ1) is 11.7. The number of alkyl halides is 3. The first kappa shape index (κ1) is 19.0. The van der Waals surface area contributed by atoms with Crippen LogP contribution in [0.1, 0.15) is 22.8 Å². The zero-order valence-electron chi connectivity index (χ0n) is 13.1. The maximum absolute atomic E-state index is 12.9. The molecule has 5 nitrogen and oxygen atoms in total. The lowest BCUT2D eigenvalue weighted by Crippen LogP contribution is -2.38. The van der Waals surface area contributed by atoms with Gasteiger partial charge in [0.15, 0.2) is 4.67 Å². The molecule has 9 heteroatoms. The molecule has 2 aromatic rings. The SMILES string of the molecule is CCN(CC(=O)Nc1ccccc1C(F)(F)F)C(=O)c1coc(Br)c1. The van der Waals surface area contributed by atoms with Crippen LogP contribution in [-0.2, 0) is 11.0 Å². The molecule has 0 fully saturated rings. The van der Waals surface area contributed by atoms with Gasteiger partial charge in [-0.15, -0.1) is 0 Å². The molecule has 2 amide bonds. The number of amides is 2. The van der Waals surface area contributed by atoms with Gasteiger partial charge in [-0.1, -0.05) is 12.1 Å². The Morgan fingerprint density at radius 1 is 1.28 bits per heavy atom. The van der Waals surface area contributed by atoms with Gasteiger partial charge in [-0.25, -0.2) is 0 Å². The fourth-order valence-corrected chi connectivity index (χ4v) is 2.47. The monoisotopic (exact) mass is 418 g/mol. The second-order valence-corrected chi connectivity index (χ2v) is 5.83. The molecule has 25 heavy (non-hydrogen) atoms. The van der Waals surface area contributed by atoms with Gasteiger partial charge in [0.2, 0.25) is 5.91 Å². The van der Waals surface area contributed by atoms with Gasteiger partial charge in [0, 0.05) is 12.6 Å².